The third-order valence-corrected chi connectivity index (χ3v) is 6.23. The quantitative estimate of drug-likeness (QED) is 0.621. The molecule has 6 nitrogen and oxygen atoms in total. The molecule has 0 bridgehead atoms. The van der Waals surface area contributed by atoms with E-state index >= 15 is 0 Å². The molecule has 2 N–H and O–H groups in total. The summed E-state index contributed by atoms with van der Waals surface area (Å²) in [6, 6.07) is 13.0. The lowest BCUT2D eigenvalue weighted by Crippen LogP contribution is -2.28. The van der Waals surface area contributed by atoms with Gasteiger partial charge in [-0.05, 0) is 54.7 Å². The van der Waals surface area contributed by atoms with Crippen molar-refractivity contribution in [2.24, 2.45) is 4.99 Å². The number of aromatic nitrogens is 2. The van der Waals surface area contributed by atoms with Crippen LogP contribution in [0.15, 0.2) is 41.4 Å². The Labute approximate surface area is 189 Å². The minimum Gasteiger partial charge on any atom is -0.491 e. The van der Waals surface area contributed by atoms with E-state index in [9.17, 15) is 0 Å². The maximum absolute atomic E-state index is 6.10. The molecule has 0 unspecified atom stereocenters. The normalized spacial score (nSPS) is 15.2. The van der Waals surface area contributed by atoms with Gasteiger partial charge < -0.3 is 15.4 Å². The lowest BCUT2D eigenvalue weighted by molar-refractivity contribution is 0.331. The molecule has 3 aromatic rings. The fourth-order valence-corrected chi connectivity index (χ4v) is 4.78. The van der Waals surface area contributed by atoms with Gasteiger partial charge in [0, 0.05) is 35.5 Å². The lowest BCUT2D eigenvalue weighted by atomic mass is 9.99. The number of aliphatic imine (C=N–C) groups is 1. The lowest BCUT2D eigenvalue weighted by Gasteiger charge is -2.26. The SMILES string of the molecule is CC1=Nc2cc(-c3ccc4c(c3)CN(c3nc(N)nc(C)c3C(C)C)CCO4)ccc2C1. The molecule has 0 radical (unpaired) electrons. The molecule has 2 aliphatic heterocycles. The van der Waals surface area contributed by atoms with E-state index in [2.05, 4.69) is 72.0 Å². The number of hydrogen-bond donors (Lipinski definition) is 1. The molecule has 2 aliphatic rings. The summed E-state index contributed by atoms with van der Waals surface area (Å²) < 4.78 is 6.10. The van der Waals surface area contributed by atoms with Crippen molar-refractivity contribution in [3.8, 4) is 16.9 Å². The van der Waals surface area contributed by atoms with Crippen molar-refractivity contribution in [2.45, 2.75) is 46.6 Å². The summed E-state index contributed by atoms with van der Waals surface area (Å²) in [4.78, 5) is 16.0. The maximum atomic E-state index is 6.10. The maximum Gasteiger partial charge on any atom is 0.222 e. The highest BCUT2D eigenvalue weighted by atomic mass is 16.5. The number of ether oxygens (including phenoxy) is 1. The molecule has 0 saturated carbocycles. The molecule has 6 heteroatoms. The van der Waals surface area contributed by atoms with Gasteiger partial charge in [0.05, 0.1) is 12.2 Å². The van der Waals surface area contributed by atoms with E-state index in [1.165, 1.54) is 22.4 Å². The van der Waals surface area contributed by atoms with Gasteiger partial charge in [-0.2, -0.15) is 4.98 Å². The molecule has 32 heavy (non-hydrogen) atoms. The number of fused-ring (bicyclic) bond motifs is 2. The molecular formula is C26H29N5O. The number of nitrogens with zero attached hydrogens (tertiary/aromatic N) is 4. The zero-order valence-corrected chi connectivity index (χ0v) is 19.1. The smallest absolute Gasteiger partial charge is 0.222 e. The van der Waals surface area contributed by atoms with Gasteiger partial charge >= 0.3 is 0 Å². The minimum absolute atomic E-state index is 0.302. The first-order chi connectivity index (χ1) is 15.4. The second kappa shape index (κ2) is 7.93. The number of benzene rings is 2. The molecule has 164 valence electrons. The van der Waals surface area contributed by atoms with Gasteiger partial charge in [-0.3, -0.25) is 4.99 Å². The van der Waals surface area contributed by atoms with E-state index in [0.29, 0.717) is 25.0 Å². The highest BCUT2D eigenvalue weighted by molar-refractivity contribution is 5.93. The van der Waals surface area contributed by atoms with E-state index in [-0.39, 0.29) is 0 Å². The third kappa shape index (κ3) is 3.70. The van der Waals surface area contributed by atoms with Crippen LogP contribution in [0.1, 0.15) is 49.1 Å². The Morgan fingerprint density at radius 3 is 2.59 bits per heavy atom. The van der Waals surface area contributed by atoms with Gasteiger partial charge in [-0.25, -0.2) is 4.98 Å². The Kier molecular flexibility index (Phi) is 5.08. The van der Waals surface area contributed by atoms with Gasteiger partial charge in [0.15, 0.2) is 0 Å². The van der Waals surface area contributed by atoms with Crippen LogP contribution < -0.4 is 15.4 Å². The standard InChI is InChI=1S/C26H29N5O/c1-15(2)24-17(4)29-26(27)30-25(24)31-9-10-32-23-8-7-18(12-21(23)14-31)19-5-6-20-11-16(3)28-22(20)13-19/h5-8,12-13,15H,9-11,14H2,1-4H3,(H2,27,29,30). The molecule has 0 saturated heterocycles. The second-order valence-electron chi connectivity index (χ2n) is 9.02. The molecule has 0 fully saturated rings. The zero-order valence-electron chi connectivity index (χ0n) is 19.1. The first-order valence-electron chi connectivity index (χ1n) is 11.2. The fourth-order valence-electron chi connectivity index (χ4n) is 4.78. The number of rotatable bonds is 3. The predicted octanol–water partition coefficient (Wildman–Crippen LogP) is 5.21. The highest BCUT2D eigenvalue weighted by Crippen LogP contribution is 2.36. The van der Waals surface area contributed by atoms with Crippen molar-refractivity contribution in [1.29, 1.82) is 0 Å². The molecule has 0 aliphatic carbocycles. The molecular weight excluding hydrogens is 398 g/mol. The molecule has 1 aromatic heterocycles. The Balaban J connectivity index is 1.52. The van der Waals surface area contributed by atoms with Gasteiger partial charge in [0.25, 0.3) is 0 Å². The fraction of sp³-hybridized carbons (Fsp3) is 0.346. The molecule has 0 atom stereocenters. The van der Waals surface area contributed by atoms with Crippen LogP contribution in [-0.4, -0.2) is 28.8 Å². The van der Waals surface area contributed by atoms with Gasteiger partial charge in [0.1, 0.15) is 18.2 Å². The van der Waals surface area contributed by atoms with Crippen LogP contribution in [0, 0.1) is 6.92 Å². The van der Waals surface area contributed by atoms with Crippen LogP contribution in [0.25, 0.3) is 11.1 Å². The van der Waals surface area contributed by atoms with Crippen LogP contribution in [0.5, 0.6) is 5.75 Å². The summed E-state index contributed by atoms with van der Waals surface area (Å²) in [6.07, 6.45) is 0.947. The van der Waals surface area contributed by atoms with Gasteiger partial charge in [0.2, 0.25) is 5.95 Å². The summed E-state index contributed by atoms with van der Waals surface area (Å²) in [7, 11) is 0. The Morgan fingerprint density at radius 1 is 1.00 bits per heavy atom. The van der Waals surface area contributed by atoms with Crippen LogP contribution in [0.2, 0.25) is 0 Å². The highest BCUT2D eigenvalue weighted by Gasteiger charge is 2.23. The summed E-state index contributed by atoms with van der Waals surface area (Å²) in [5.41, 5.74) is 15.2. The molecule has 0 amide bonds. The Bertz CT molecular complexity index is 1230. The number of anilines is 2. The number of aryl methyl sites for hydroxylation is 1. The monoisotopic (exact) mass is 427 g/mol. The first-order valence-corrected chi connectivity index (χ1v) is 11.2. The number of hydrogen-bond acceptors (Lipinski definition) is 6. The topological polar surface area (TPSA) is 76.6 Å². The Hall–Kier alpha value is -3.41. The Morgan fingerprint density at radius 2 is 1.78 bits per heavy atom. The van der Waals surface area contributed by atoms with Crippen LogP contribution in [-0.2, 0) is 13.0 Å². The van der Waals surface area contributed by atoms with E-state index < -0.39 is 0 Å². The van der Waals surface area contributed by atoms with Crippen LogP contribution in [0.3, 0.4) is 0 Å². The summed E-state index contributed by atoms with van der Waals surface area (Å²) >= 11 is 0. The van der Waals surface area contributed by atoms with E-state index in [0.717, 1.165) is 47.0 Å². The van der Waals surface area contributed by atoms with Crippen molar-refractivity contribution < 1.29 is 4.74 Å². The van der Waals surface area contributed by atoms with E-state index in [4.69, 9.17) is 15.5 Å². The van der Waals surface area contributed by atoms with Crippen LogP contribution >= 0.6 is 0 Å². The molecule has 5 rings (SSSR count). The molecule has 2 aromatic carbocycles. The number of nitrogen functional groups attached to an aromatic ring is 1. The minimum atomic E-state index is 0.302. The average molecular weight is 428 g/mol. The first kappa shape index (κ1) is 20.5. The largest absolute Gasteiger partial charge is 0.491 e. The predicted molar refractivity (Wildman–Crippen MR) is 130 cm³/mol. The van der Waals surface area contributed by atoms with Gasteiger partial charge in [-0.15, -0.1) is 0 Å². The summed E-state index contributed by atoms with van der Waals surface area (Å²) in [5.74, 6) is 2.45. The van der Waals surface area contributed by atoms with Crippen LogP contribution in [0.4, 0.5) is 17.5 Å². The zero-order chi connectivity index (χ0) is 22.4. The average Bonchev–Trinajstić information content (AvgIpc) is 2.98. The van der Waals surface area contributed by atoms with E-state index in [1.807, 2.05) is 6.92 Å². The van der Waals surface area contributed by atoms with Crippen molar-refractivity contribution in [3.05, 3.63) is 58.8 Å². The summed E-state index contributed by atoms with van der Waals surface area (Å²) in [5, 5.41) is 0. The third-order valence-electron chi connectivity index (χ3n) is 6.23. The van der Waals surface area contributed by atoms with Crippen molar-refractivity contribution in [3.63, 3.8) is 0 Å². The van der Waals surface area contributed by atoms with Crippen molar-refractivity contribution in [2.75, 3.05) is 23.8 Å². The van der Waals surface area contributed by atoms with Crippen molar-refractivity contribution >= 4 is 23.2 Å². The molecule has 0 spiro atoms. The van der Waals surface area contributed by atoms with Gasteiger partial charge in [-0.1, -0.05) is 32.0 Å². The van der Waals surface area contributed by atoms with E-state index in [1.54, 1.807) is 0 Å². The molecule has 3 heterocycles. The number of nitrogens with two attached hydrogens (primary N) is 1. The summed E-state index contributed by atoms with van der Waals surface area (Å²) in [6.45, 7) is 10.5. The second-order valence-corrected chi connectivity index (χ2v) is 9.02. The van der Waals surface area contributed by atoms with Crippen molar-refractivity contribution in [1.82, 2.24) is 9.97 Å².